The van der Waals surface area contributed by atoms with Gasteiger partial charge in [-0.2, -0.15) is 0 Å². The minimum absolute atomic E-state index is 0.132. The number of hydrogen-bond donors (Lipinski definition) is 0. The Hall–Kier alpha value is -1.20. The van der Waals surface area contributed by atoms with Gasteiger partial charge in [0.15, 0.2) is 5.69 Å². The molecule has 6 heteroatoms. The number of ether oxygens (including phenoxy) is 2. The van der Waals surface area contributed by atoms with Crippen molar-refractivity contribution in [1.82, 2.24) is 9.97 Å². The third-order valence-electron chi connectivity index (χ3n) is 2.95. The number of halogens is 1. The summed E-state index contributed by atoms with van der Waals surface area (Å²) in [4.78, 5) is 20.2. The molecule has 1 fully saturated rings. The summed E-state index contributed by atoms with van der Waals surface area (Å²) in [5.41, 5.74) is 0.138. The van der Waals surface area contributed by atoms with Gasteiger partial charge in [-0.1, -0.05) is 25.4 Å². The molecule has 1 aliphatic rings. The third-order valence-corrected chi connectivity index (χ3v) is 3.22. The zero-order valence-electron chi connectivity index (χ0n) is 11.1. The lowest BCUT2D eigenvalue weighted by molar-refractivity contribution is 0.0421. The first-order valence-electron chi connectivity index (χ1n) is 6.35. The molecule has 1 saturated heterocycles. The number of nitrogens with zero attached hydrogens (tertiary/aromatic N) is 2. The van der Waals surface area contributed by atoms with Crippen molar-refractivity contribution < 1.29 is 14.3 Å². The highest BCUT2D eigenvalue weighted by molar-refractivity contribution is 6.33. The molecule has 0 amide bonds. The van der Waals surface area contributed by atoms with Gasteiger partial charge in [0.25, 0.3) is 0 Å². The molecular weight excluding hydrogens is 268 g/mol. The molecule has 2 heterocycles. The Bertz CT molecular complexity index is 459. The minimum Gasteiger partial charge on any atom is -0.461 e. The zero-order valence-corrected chi connectivity index (χ0v) is 11.8. The fourth-order valence-corrected chi connectivity index (χ4v) is 1.95. The van der Waals surface area contributed by atoms with Crippen molar-refractivity contribution in [2.45, 2.75) is 26.2 Å². The summed E-state index contributed by atoms with van der Waals surface area (Å²) >= 11 is 5.94. The van der Waals surface area contributed by atoms with Crippen molar-refractivity contribution >= 4 is 17.6 Å². The number of carbonyl (C=O) groups excluding carboxylic acids is 1. The molecule has 1 aromatic rings. The summed E-state index contributed by atoms with van der Waals surface area (Å²) in [5.74, 6) is 0.489. The zero-order chi connectivity index (χ0) is 13.8. The average molecular weight is 285 g/mol. The predicted molar refractivity (Wildman–Crippen MR) is 70.3 cm³/mol. The van der Waals surface area contributed by atoms with Crippen LogP contribution < -0.4 is 0 Å². The largest absolute Gasteiger partial charge is 0.461 e. The summed E-state index contributed by atoms with van der Waals surface area (Å²) < 4.78 is 10.5. The molecule has 0 saturated carbocycles. The van der Waals surface area contributed by atoms with Gasteiger partial charge in [0.2, 0.25) is 0 Å². The highest BCUT2D eigenvalue weighted by Crippen LogP contribution is 2.18. The van der Waals surface area contributed by atoms with Crippen molar-refractivity contribution in [3.63, 3.8) is 0 Å². The van der Waals surface area contributed by atoms with Crippen LogP contribution in [0.1, 0.15) is 42.5 Å². The van der Waals surface area contributed by atoms with E-state index in [1.54, 1.807) is 0 Å². The van der Waals surface area contributed by atoms with Gasteiger partial charge in [0.1, 0.15) is 5.82 Å². The van der Waals surface area contributed by atoms with Gasteiger partial charge in [0, 0.05) is 18.4 Å². The fraction of sp³-hybridized carbons (Fsp3) is 0.615. The van der Waals surface area contributed by atoms with Crippen LogP contribution in [0.3, 0.4) is 0 Å². The molecule has 0 bridgehead atoms. The van der Waals surface area contributed by atoms with Crippen LogP contribution in [-0.2, 0) is 9.47 Å². The van der Waals surface area contributed by atoms with E-state index in [-0.39, 0.29) is 22.6 Å². The standard InChI is InChI=1S/C13H17ClN2O3/c1-8(2)12-15-5-10(14)11(16-12)13(17)19-7-9-3-4-18-6-9/h5,8-9H,3-4,6-7H2,1-2H3. The molecule has 1 atom stereocenters. The Morgan fingerprint density at radius 3 is 3.05 bits per heavy atom. The first-order valence-corrected chi connectivity index (χ1v) is 6.73. The highest BCUT2D eigenvalue weighted by Gasteiger charge is 2.21. The Labute approximate surface area is 117 Å². The molecule has 2 rings (SSSR count). The Morgan fingerprint density at radius 2 is 2.42 bits per heavy atom. The topological polar surface area (TPSA) is 61.3 Å². The first kappa shape index (κ1) is 14.2. The van der Waals surface area contributed by atoms with E-state index in [0.717, 1.165) is 13.0 Å². The highest BCUT2D eigenvalue weighted by atomic mass is 35.5. The monoisotopic (exact) mass is 284 g/mol. The molecule has 0 aromatic carbocycles. The first-order chi connectivity index (χ1) is 9.08. The molecular formula is C13H17ClN2O3. The van der Waals surface area contributed by atoms with Gasteiger partial charge in [-0.05, 0) is 6.42 Å². The lowest BCUT2D eigenvalue weighted by Crippen LogP contribution is -2.16. The second kappa shape index (κ2) is 6.30. The smallest absolute Gasteiger partial charge is 0.358 e. The van der Waals surface area contributed by atoms with E-state index < -0.39 is 5.97 Å². The van der Waals surface area contributed by atoms with Crippen LogP contribution in [0.5, 0.6) is 0 Å². The molecule has 1 aliphatic heterocycles. The van der Waals surface area contributed by atoms with Crippen LogP contribution in [0.2, 0.25) is 5.02 Å². The molecule has 5 nitrogen and oxygen atoms in total. The lowest BCUT2D eigenvalue weighted by Gasteiger charge is -2.10. The van der Waals surface area contributed by atoms with E-state index in [0.29, 0.717) is 19.0 Å². The molecule has 0 aliphatic carbocycles. The second-order valence-corrected chi connectivity index (χ2v) is 5.31. The van der Waals surface area contributed by atoms with Crippen molar-refractivity contribution in [3.05, 3.63) is 22.7 Å². The van der Waals surface area contributed by atoms with Gasteiger partial charge in [-0.3, -0.25) is 0 Å². The van der Waals surface area contributed by atoms with Crippen LogP contribution >= 0.6 is 11.6 Å². The molecule has 0 radical (unpaired) electrons. The van der Waals surface area contributed by atoms with E-state index in [1.807, 2.05) is 13.8 Å². The van der Waals surface area contributed by atoms with Crippen molar-refractivity contribution in [3.8, 4) is 0 Å². The van der Waals surface area contributed by atoms with E-state index in [4.69, 9.17) is 21.1 Å². The van der Waals surface area contributed by atoms with Gasteiger partial charge < -0.3 is 9.47 Å². The van der Waals surface area contributed by atoms with E-state index in [1.165, 1.54) is 6.20 Å². The maximum atomic E-state index is 12.0. The van der Waals surface area contributed by atoms with Crippen molar-refractivity contribution in [1.29, 1.82) is 0 Å². The summed E-state index contributed by atoms with van der Waals surface area (Å²) in [6, 6.07) is 0. The number of rotatable bonds is 4. The molecule has 104 valence electrons. The molecule has 0 N–H and O–H groups in total. The Morgan fingerprint density at radius 1 is 1.63 bits per heavy atom. The predicted octanol–water partition coefficient (Wildman–Crippen LogP) is 2.45. The number of esters is 1. The SMILES string of the molecule is CC(C)c1ncc(Cl)c(C(=O)OCC2CCOC2)n1. The summed E-state index contributed by atoms with van der Waals surface area (Å²) in [6.45, 7) is 5.62. The third kappa shape index (κ3) is 3.64. The summed E-state index contributed by atoms with van der Waals surface area (Å²) in [6.07, 6.45) is 2.36. The van der Waals surface area contributed by atoms with E-state index >= 15 is 0 Å². The normalized spacial score (nSPS) is 18.8. The quantitative estimate of drug-likeness (QED) is 0.795. The maximum Gasteiger partial charge on any atom is 0.358 e. The summed E-state index contributed by atoms with van der Waals surface area (Å²) in [7, 11) is 0. The molecule has 0 spiro atoms. The van der Waals surface area contributed by atoms with Gasteiger partial charge in [0.05, 0.1) is 24.4 Å². The minimum atomic E-state index is -0.499. The molecule has 1 unspecified atom stereocenters. The fourth-order valence-electron chi connectivity index (χ4n) is 1.78. The van der Waals surface area contributed by atoms with E-state index in [9.17, 15) is 4.79 Å². The Balaban J connectivity index is 2.02. The van der Waals surface area contributed by atoms with Crippen LogP contribution in [0.15, 0.2) is 6.20 Å². The van der Waals surface area contributed by atoms with Crippen LogP contribution in [0, 0.1) is 5.92 Å². The van der Waals surface area contributed by atoms with Gasteiger partial charge >= 0.3 is 5.97 Å². The molecule has 1 aromatic heterocycles. The van der Waals surface area contributed by atoms with Crippen molar-refractivity contribution in [2.75, 3.05) is 19.8 Å². The average Bonchev–Trinajstić information content (AvgIpc) is 2.89. The second-order valence-electron chi connectivity index (χ2n) is 4.91. The number of hydrogen-bond acceptors (Lipinski definition) is 5. The van der Waals surface area contributed by atoms with Crippen LogP contribution in [0.25, 0.3) is 0 Å². The van der Waals surface area contributed by atoms with Crippen molar-refractivity contribution in [2.24, 2.45) is 5.92 Å². The van der Waals surface area contributed by atoms with Gasteiger partial charge in [-0.25, -0.2) is 14.8 Å². The van der Waals surface area contributed by atoms with Crippen LogP contribution in [0.4, 0.5) is 0 Å². The molecule has 19 heavy (non-hydrogen) atoms. The lowest BCUT2D eigenvalue weighted by atomic mass is 10.1. The number of aromatic nitrogens is 2. The van der Waals surface area contributed by atoms with E-state index in [2.05, 4.69) is 9.97 Å². The number of carbonyl (C=O) groups is 1. The van der Waals surface area contributed by atoms with Gasteiger partial charge in [-0.15, -0.1) is 0 Å². The van der Waals surface area contributed by atoms with Crippen LogP contribution in [-0.4, -0.2) is 35.8 Å². The Kier molecular flexibility index (Phi) is 4.71. The summed E-state index contributed by atoms with van der Waals surface area (Å²) in [5, 5.41) is 0.220. The maximum absolute atomic E-state index is 12.0.